The molecule has 12 heteroatoms. The third-order valence-corrected chi connectivity index (χ3v) is 7.40. The number of carbonyl (C=O) groups is 1. The van der Waals surface area contributed by atoms with E-state index in [2.05, 4.69) is 27.1 Å². The Hall–Kier alpha value is -3.38. The van der Waals surface area contributed by atoms with Crippen molar-refractivity contribution in [2.75, 3.05) is 48.7 Å². The van der Waals surface area contributed by atoms with Crippen molar-refractivity contribution in [1.82, 2.24) is 14.9 Å². The Bertz CT molecular complexity index is 1310. The number of alkyl halides is 3. The molecule has 204 valence electrons. The van der Waals surface area contributed by atoms with Crippen molar-refractivity contribution in [3.8, 4) is 0 Å². The molecule has 2 fully saturated rings. The summed E-state index contributed by atoms with van der Waals surface area (Å²) >= 11 is 0. The van der Waals surface area contributed by atoms with E-state index in [-0.39, 0.29) is 36.6 Å². The molecule has 2 aliphatic heterocycles. The number of likely N-dealkylation sites (tertiary alicyclic amines) is 1. The van der Waals surface area contributed by atoms with Crippen molar-refractivity contribution in [2.45, 2.75) is 38.4 Å². The fourth-order valence-electron chi connectivity index (χ4n) is 5.43. The number of hydrogen-bond acceptors (Lipinski definition) is 8. The maximum Gasteiger partial charge on any atom is 0.393 e. The zero-order valence-electron chi connectivity index (χ0n) is 21.2. The van der Waals surface area contributed by atoms with Crippen LogP contribution in [0.5, 0.6) is 0 Å². The number of hydrogen-bond donors (Lipinski definition) is 3. The van der Waals surface area contributed by atoms with E-state index < -0.39 is 24.0 Å². The standard InChI is InChI=1S/C26H32F3N7O2/c1-15-3-6-35(12-15)7-4-16-8-21-23(33-10-16)22(24(31)38-21)25(37)34-19-11-32-5-2-20(19)36-13-17(26(27,28)29)9-18(30)14-36/h2,5,8,10-11,15,17-18H,3-4,6-7,9,12-14,30-31H2,1H3,(H,34,37). The minimum absolute atomic E-state index is 0.0678. The number of carbonyl (C=O) groups excluding carboxylic acids is 1. The fourth-order valence-corrected chi connectivity index (χ4v) is 5.43. The van der Waals surface area contributed by atoms with Gasteiger partial charge in [-0.05, 0) is 49.4 Å². The molecule has 3 aromatic heterocycles. The molecule has 1 amide bonds. The van der Waals surface area contributed by atoms with Crippen LogP contribution in [-0.2, 0) is 6.42 Å². The average Bonchev–Trinajstić information content (AvgIpc) is 3.43. The molecule has 9 nitrogen and oxygen atoms in total. The van der Waals surface area contributed by atoms with E-state index in [1.807, 2.05) is 6.07 Å². The molecule has 3 aromatic rings. The van der Waals surface area contributed by atoms with Gasteiger partial charge in [0.25, 0.3) is 5.91 Å². The second-order valence-corrected chi connectivity index (χ2v) is 10.5. The minimum atomic E-state index is -4.37. The number of nitrogens with two attached hydrogens (primary N) is 2. The molecule has 0 spiro atoms. The number of anilines is 3. The smallest absolute Gasteiger partial charge is 0.393 e. The van der Waals surface area contributed by atoms with Gasteiger partial charge in [-0.15, -0.1) is 0 Å². The van der Waals surface area contributed by atoms with E-state index in [4.69, 9.17) is 15.9 Å². The van der Waals surface area contributed by atoms with E-state index in [1.165, 1.54) is 23.7 Å². The molecule has 3 atom stereocenters. The highest BCUT2D eigenvalue weighted by atomic mass is 19.4. The van der Waals surface area contributed by atoms with E-state index in [1.54, 1.807) is 12.3 Å². The molecule has 3 unspecified atom stereocenters. The third-order valence-electron chi connectivity index (χ3n) is 7.40. The Morgan fingerprint density at radius 3 is 2.82 bits per heavy atom. The lowest BCUT2D eigenvalue weighted by atomic mass is 9.93. The predicted octanol–water partition coefficient (Wildman–Crippen LogP) is 3.66. The van der Waals surface area contributed by atoms with Gasteiger partial charge in [0.2, 0.25) is 5.88 Å². The lowest BCUT2D eigenvalue weighted by molar-refractivity contribution is -0.177. The topological polar surface area (TPSA) is 127 Å². The SMILES string of the molecule is CC1CCN(CCc2cnc3c(C(=O)Nc4cnccc4N4CC(N)CC(C(F)(F)F)C4)c(N)oc3c2)C1. The second kappa shape index (κ2) is 10.4. The Morgan fingerprint density at radius 1 is 1.26 bits per heavy atom. The number of amides is 1. The van der Waals surface area contributed by atoms with Crippen molar-refractivity contribution < 1.29 is 22.4 Å². The van der Waals surface area contributed by atoms with Crippen LogP contribution in [0.15, 0.2) is 35.1 Å². The van der Waals surface area contributed by atoms with Gasteiger partial charge in [0.15, 0.2) is 5.58 Å². The summed E-state index contributed by atoms with van der Waals surface area (Å²) in [6, 6.07) is 2.74. The molecule has 5 N–H and O–H groups in total. The first-order valence-corrected chi connectivity index (χ1v) is 12.8. The molecule has 0 aromatic carbocycles. The Labute approximate surface area is 218 Å². The number of fused-ring (bicyclic) bond motifs is 1. The lowest BCUT2D eigenvalue weighted by Gasteiger charge is -2.39. The maximum atomic E-state index is 13.5. The van der Waals surface area contributed by atoms with Gasteiger partial charge in [-0.3, -0.25) is 14.8 Å². The summed E-state index contributed by atoms with van der Waals surface area (Å²) in [4.78, 5) is 25.8. The molecule has 0 bridgehead atoms. The van der Waals surface area contributed by atoms with Crippen LogP contribution in [0.4, 0.5) is 30.4 Å². The Morgan fingerprint density at radius 2 is 2.08 bits per heavy atom. The quantitative estimate of drug-likeness (QED) is 0.440. The molecule has 2 aliphatic rings. The van der Waals surface area contributed by atoms with E-state index in [0.717, 1.165) is 31.6 Å². The molecule has 0 radical (unpaired) electrons. The minimum Gasteiger partial charge on any atom is -0.438 e. The number of nitrogen functional groups attached to an aromatic ring is 1. The van der Waals surface area contributed by atoms with Crippen molar-refractivity contribution in [3.05, 3.63) is 41.9 Å². The van der Waals surface area contributed by atoms with Crippen molar-refractivity contribution in [3.63, 3.8) is 0 Å². The number of halogens is 3. The van der Waals surface area contributed by atoms with Gasteiger partial charge in [-0.2, -0.15) is 13.2 Å². The number of piperidine rings is 1. The monoisotopic (exact) mass is 531 g/mol. The lowest BCUT2D eigenvalue weighted by Crippen LogP contribution is -2.51. The van der Waals surface area contributed by atoms with E-state index in [9.17, 15) is 18.0 Å². The number of aromatic nitrogens is 2. The molecule has 0 aliphatic carbocycles. The normalized spacial score (nSPS) is 22.8. The summed E-state index contributed by atoms with van der Waals surface area (Å²) in [7, 11) is 0. The average molecular weight is 532 g/mol. The van der Waals surface area contributed by atoms with Gasteiger partial charge in [-0.1, -0.05) is 6.92 Å². The van der Waals surface area contributed by atoms with Gasteiger partial charge >= 0.3 is 6.18 Å². The molecule has 5 heterocycles. The predicted molar refractivity (Wildman–Crippen MR) is 139 cm³/mol. The van der Waals surface area contributed by atoms with Gasteiger partial charge < -0.3 is 31.0 Å². The van der Waals surface area contributed by atoms with Gasteiger partial charge in [0.1, 0.15) is 11.1 Å². The zero-order chi connectivity index (χ0) is 27.0. The van der Waals surface area contributed by atoms with Crippen LogP contribution in [-0.4, -0.2) is 65.7 Å². The summed E-state index contributed by atoms with van der Waals surface area (Å²) in [5.74, 6) is -1.53. The molecular formula is C26H32F3N7O2. The Kier molecular flexibility index (Phi) is 7.19. The maximum absolute atomic E-state index is 13.5. The second-order valence-electron chi connectivity index (χ2n) is 10.5. The first-order chi connectivity index (χ1) is 18.1. The molecule has 38 heavy (non-hydrogen) atoms. The molecular weight excluding hydrogens is 499 g/mol. The largest absolute Gasteiger partial charge is 0.438 e. The van der Waals surface area contributed by atoms with Crippen LogP contribution in [0.3, 0.4) is 0 Å². The van der Waals surface area contributed by atoms with Crippen LogP contribution >= 0.6 is 0 Å². The van der Waals surface area contributed by atoms with Gasteiger partial charge in [0, 0.05) is 44.6 Å². The third kappa shape index (κ3) is 5.56. The summed E-state index contributed by atoms with van der Waals surface area (Å²) in [5.41, 5.74) is 14.4. The first kappa shape index (κ1) is 26.2. The fraction of sp³-hybridized carbons (Fsp3) is 0.500. The summed E-state index contributed by atoms with van der Waals surface area (Å²) in [6.07, 6.45) is 2.06. The van der Waals surface area contributed by atoms with Crippen LogP contribution in [0.1, 0.15) is 35.7 Å². The van der Waals surface area contributed by atoms with Crippen molar-refractivity contribution >= 4 is 34.3 Å². The number of furan rings is 1. The molecule has 2 saturated heterocycles. The zero-order valence-corrected chi connectivity index (χ0v) is 21.2. The number of rotatable bonds is 6. The van der Waals surface area contributed by atoms with Crippen LogP contribution < -0.4 is 21.7 Å². The number of nitrogens with one attached hydrogen (secondary N) is 1. The van der Waals surface area contributed by atoms with Crippen LogP contribution in [0.2, 0.25) is 0 Å². The summed E-state index contributed by atoms with van der Waals surface area (Å²) in [5, 5.41) is 2.74. The summed E-state index contributed by atoms with van der Waals surface area (Å²) in [6.45, 7) is 5.30. The van der Waals surface area contributed by atoms with E-state index >= 15 is 0 Å². The molecule has 5 rings (SSSR count). The highest BCUT2D eigenvalue weighted by Crippen LogP contribution is 2.37. The number of nitrogens with zero attached hydrogens (tertiary/aromatic N) is 4. The van der Waals surface area contributed by atoms with E-state index in [0.29, 0.717) is 22.7 Å². The van der Waals surface area contributed by atoms with Crippen molar-refractivity contribution in [2.24, 2.45) is 17.6 Å². The summed E-state index contributed by atoms with van der Waals surface area (Å²) < 4.78 is 46.1. The van der Waals surface area contributed by atoms with Crippen molar-refractivity contribution in [1.29, 1.82) is 0 Å². The van der Waals surface area contributed by atoms with Crippen LogP contribution in [0.25, 0.3) is 11.1 Å². The highest BCUT2D eigenvalue weighted by Gasteiger charge is 2.44. The van der Waals surface area contributed by atoms with Gasteiger partial charge in [0.05, 0.1) is 23.5 Å². The Balaban J connectivity index is 1.34. The van der Waals surface area contributed by atoms with Crippen LogP contribution in [0, 0.1) is 11.8 Å². The number of pyridine rings is 2. The van der Waals surface area contributed by atoms with Gasteiger partial charge in [-0.25, -0.2) is 0 Å². The molecule has 0 saturated carbocycles. The first-order valence-electron chi connectivity index (χ1n) is 12.8. The highest BCUT2D eigenvalue weighted by molar-refractivity contribution is 6.15.